The van der Waals surface area contributed by atoms with Crippen molar-refractivity contribution in [1.29, 1.82) is 0 Å². The van der Waals surface area contributed by atoms with Crippen molar-refractivity contribution in [1.82, 2.24) is 14.9 Å². The topological polar surface area (TPSA) is 77.1 Å². The fraction of sp³-hybridized carbons (Fsp3) is 0.406. The fourth-order valence-corrected chi connectivity index (χ4v) is 5.43. The highest BCUT2D eigenvalue weighted by Crippen LogP contribution is 2.36. The van der Waals surface area contributed by atoms with E-state index in [0.717, 1.165) is 48.1 Å². The van der Waals surface area contributed by atoms with Crippen LogP contribution in [0.5, 0.6) is 0 Å². The van der Waals surface area contributed by atoms with Crippen LogP contribution >= 0.6 is 11.8 Å². The van der Waals surface area contributed by atoms with Gasteiger partial charge in [0.2, 0.25) is 5.91 Å². The van der Waals surface area contributed by atoms with E-state index in [-0.39, 0.29) is 29.2 Å². The smallest absolute Gasteiger partial charge is 0.262 e. The van der Waals surface area contributed by atoms with Gasteiger partial charge in [-0.05, 0) is 68.9 Å². The molecule has 39 heavy (non-hydrogen) atoms. The minimum absolute atomic E-state index is 0.0695. The van der Waals surface area contributed by atoms with Crippen molar-refractivity contribution in [3.63, 3.8) is 0 Å². The van der Waals surface area contributed by atoms with E-state index >= 15 is 0 Å². The first-order valence-electron chi connectivity index (χ1n) is 13.8. The van der Waals surface area contributed by atoms with Gasteiger partial charge in [0.1, 0.15) is 5.76 Å². The average molecular weight is 548 g/mol. The average Bonchev–Trinajstić information content (AvgIpc) is 3.48. The van der Waals surface area contributed by atoms with E-state index in [4.69, 9.17) is 9.40 Å². The predicted molar refractivity (Wildman–Crippen MR) is 163 cm³/mol. The van der Waals surface area contributed by atoms with Crippen molar-refractivity contribution in [2.45, 2.75) is 84.3 Å². The molecule has 2 aromatic heterocycles. The lowest BCUT2D eigenvalue weighted by Crippen LogP contribution is -2.35. The van der Waals surface area contributed by atoms with Crippen molar-refractivity contribution in [3.05, 3.63) is 76.8 Å². The summed E-state index contributed by atoms with van der Waals surface area (Å²) in [6, 6.07) is 10.1. The molecule has 0 bridgehead atoms. The lowest BCUT2D eigenvalue weighted by molar-refractivity contribution is -0.119. The fourth-order valence-electron chi connectivity index (χ4n) is 4.60. The second kappa shape index (κ2) is 14.2. The van der Waals surface area contributed by atoms with Crippen LogP contribution in [0.25, 0.3) is 28.3 Å². The van der Waals surface area contributed by atoms with E-state index in [1.165, 1.54) is 16.3 Å². The Bertz CT molecular complexity index is 1370. The van der Waals surface area contributed by atoms with Gasteiger partial charge in [-0.3, -0.25) is 14.2 Å². The summed E-state index contributed by atoms with van der Waals surface area (Å²) in [5.41, 5.74) is 4.40. The first-order valence-corrected chi connectivity index (χ1v) is 14.8. The van der Waals surface area contributed by atoms with Crippen molar-refractivity contribution in [2.75, 3.05) is 5.75 Å². The first-order chi connectivity index (χ1) is 18.7. The zero-order valence-corrected chi connectivity index (χ0v) is 24.9. The molecular weight excluding hydrogens is 506 g/mol. The van der Waals surface area contributed by atoms with Crippen LogP contribution in [0.3, 0.4) is 0 Å². The summed E-state index contributed by atoms with van der Waals surface area (Å²) in [7, 11) is 0. The second-order valence-corrected chi connectivity index (χ2v) is 10.8. The molecular formula is C32H41N3O3S. The zero-order valence-electron chi connectivity index (χ0n) is 24.0. The molecule has 2 unspecified atom stereocenters. The summed E-state index contributed by atoms with van der Waals surface area (Å²) in [6.45, 7) is 16.3. The third-order valence-corrected chi connectivity index (χ3v) is 7.95. The molecule has 7 heteroatoms. The molecule has 3 rings (SSSR count). The van der Waals surface area contributed by atoms with E-state index in [1.807, 2.05) is 32.1 Å². The number of carbonyl (C=O) groups excluding carboxylic acids is 1. The molecule has 0 spiro atoms. The number of nitrogens with zero attached hydrogens (tertiary/aromatic N) is 2. The number of hydrogen-bond donors (Lipinski definition) is 1. The number of rotatable bonds is 13. The van der Waals surface area contributed by atoms with Crippen LogP contribution in [0.4, 0.5) is 0 Å². The Labute approximate surface area is 236 Å². The molecule has 0 aliphatic carbocycles. The maximum atomic E-state index is 13.8. The molecule has 2 heterocycles. The van der Waals surface area contributed by atoms with Gasteiger partial charge >= 0.3 is 0 Å². The second-order valence-electron chi connectivity index (χ2n) is 9.84. The Hall–Kier alpha value is -3.32. The molecule has 0 radical (unpaired) electrons. The molecule has 1 amide bonds. The SMILES string of the molecule is C=C(/C=C\C)n1c(SCC(=O)NC(CC)CCC)nc(-c2cc(-c3ccco3)ccc2C(C)CC)c(C)c1=O. The Morgan fingerprint density at radius 3 is 2.62 bits per heavy atom. The van der Waals surface area contributed by atoms with E-state index in [9.17, 15) is 9.59 Å². The minimum Gasteiger partial charge on any atom is -0.464 e. The van der Waals surface area contributed by atoms with Crippen LogP contribution in [0, 0.1) is 6.92 Å². The molecule has 0 aliphatic heterocycles. The molecule has 0 aliphatic rings. The third kappa shape index (κ3) is 7.21. The van der Waals surface area contributed by atoms with Gasteiger partial charge in [-0.2, -0.15) is 0 Å². The molecule has 0 fully saturated rings. The summed E-state index contributed by atoms with van der Waals surface area (Å²) in [6.07, 6.45) is 9.04. The van der Waals surface area contributed by atoms with Gasteiger partial charge < -0.3 is 9.73 Å². The van der Waals surface area contributed by atoms with E-state index in [1.54, 1.807) is 12.3 Å². The highest BCUT2D eigenvalue weighted by molar-refractivity contribution is 7.99. The Morgan fingerprint density at radius 1 is 1.23 bits per heavy atom. The molecule has 3 aromatic rings. The van der Waals surface area contributed by atoms with Gasteiger partial charge in [-0.1, -0.05) is 70.7 Å². The van der Waals surface area contributed by atoms with E-state index < -0.39 is 0 Å². The molecule has 6 nitrogen and oxygen atoms in total. The van der Waals surface area contributed by atoms with Gasteiger partial charge in [-0.25, -0.2) is 4.98 Å². The van der Waals surface area contributed by atoms with Crippen molar-refractivity contribution < 1.29 is 9.21 Å². The number of aromatic nitrogens is 2. The maximum Gasteiger partial charge on any atom is 0.262 e. The molecule has 208 valence electrons. The van der Waals surface area contributed by atoms with Gasteiger partial charge in [0, 0.05) is 28.4 Å². The lowest BCUT2D eigenvalue weighted by Gasteiger charge is -2.20. The minimum atomic E-state index is -0.193. The summed E-state index contributed by atoms with van der Waals surface area (Å²) in [4.78, 5) is 31.7. The number of thioether (sulfide) groups is 1. The normalized spacial score (nSPS) is 13.0. The highest BCUT2D eigenvalue weighted by atomic mass is 32.2. The largest absolute Gasteiger partial charge is 0.464 e. The number of carbonyl (C=O) groups is 1. The summed E-state index contributed by atoms with van der Waals surface area (Å²) < 4.78 is 7.17. The van der Waals surface area contributed by atoms with Crippen LogP contribution in [-0.4, -0.2) is 27.3 Å². The molecule has 2 atom stereocenters. The van der Waals surface area contributed by atoms with Gasteiger partial charge in [-0.15, -0.1) is 0 Å². The van der Waals surface area contributed by atoms with Crippen molar-refractivity contribution in [2.24, 2.45) is 0 Å². The quantitative estimate of drug-likeness (QED) is 0.134. The maximum absolute atomic E-state index is 13.8. The van der Waals surface area contributed by atoms with Crippen LogP contribution in [-0.2, 0) is 4.79 Å². The van der Waals surface area contributed by atoms with Crippen molar-refractivity contribution in [3.8, 4) is 22.6 Å². The number of amides is 1. The third-order valence-electron chi connectivity index (χ3n) is 7.01. The van der Waals surface area contributed by atoms with Gasteiger partial charge in [0.15, 0.2) is 5.16 Å². The number of nitrogens with one attached hydrogen (secondary N) is 1. The summed E-state index contributed by atoms with van der Waals surface area (Å²) in [5, 5.41) is 3.56. The Kier molecular flexibility index (Phi) is 11.0. The van der Waals surface area contributed by atoms with Crippen LogP contribution in [0.15, 0.2) is 69.7 Å². The predicted octanol–water partition coefficient (Wildman–Crippen LogP) is 7.83. The number of furan rings is 1. The zero-order chi connectivity index (χ0) is 28.5. The first kappa shape index (κ1) is 30.2. The van der Waals surface area contributed by atoms with Crippen molar-refractivity contribution >= 4 is 23.4 Å². The molecule has 0 saturated carbocycles. The van der Waals surface area contributed by atoms with E-state index in [0.29, 0.717) is 22.1 Å². The van der Waals surface area contributed by atoms with E-state index in [2.05, 4.69) is 57.8 Å². The van der Waals surface area contributed by atoms with Crippen LogP contribution in [0.1, 0.15) is 77.3 Å². The van der Waals surface area contributed by atoms with Crippen LogP contribution in [0.2, 0.25) is 0 Å². The molecule has 0 saturated heterocycles. The highest BCUT2D eigenvalue weighted by Gasteiger charge is 2.22. The number of benzene rings is 1. The Morgan fingerprint density at radius 2 is 2.00 bits per heavy atom. The molecule has 1 N–H and O–H groups in total. The standard InChI is InChI=1S/C32H41N3O3S/c1-8-13-22(6)35-31(37)23(7)30(34-32(35)39-20-29(36)33-25(11-4)14-9-2)27-19-24(28-15-12-18-38-28)16-17-26(27)21(5)10-3/h8,12-13,15-19,21,25H,6,9-11,14,20H2,1-5,7H3,(H,33,36)/b13-8-. The summed E-state index contributed by atoms with van der Waals surface area (Å²) >= 11 is 1.26. The summed E-state index contributed by atoms with van der Waals surface area (Å²) in [5.74, 6) is 1.10. The number of hydrogen-bond acceptors (Lipinski definition) is 5. The van der Waals surface area contributed by atoms with Crippen LogP contribution < -0.4 is 10.9 Å². The lowest BCUT2D eigenvalue weighted by atomic mass is 9.89. The van der Waals surface area contributed by atoms with Gasteiger partial charge in [0.05, 0.1) is 17.7 Å². The number of allylic oxidation sites excluding steroid dienone is 3. The monoisotopic (exact) mass is 547 g/mol. The molecule has 1 aromatic carbocycles. The Balaban J connectivity index is 2.14. The van der Waals surface area contributed by atoms with Gasteiger partial charge in [0.25, 0.3) is 5.56 Å².